The van der Waals surface area contributed by atoms with Gasteiger partial charge in [0.1, 0.15) is 0 Å². The number of carbonyl (C=O) groups is 1. The predicted molar refractivity (Wildman–Crippen MR) is 113 cm³/mol. The number of carbonyl (C=O) groups excluding carboxylic acids is 1. The lowest BCUT2D eigenvalue weighted by Gasteiger charge is -2.26. The van der Waals surface area contributed by atoms with Crippen LogP contribution in [-0.2, 0) is 32.4 Å². The molecule has 1 N–H and O–H groups in total. The molecule has 7 heteroatoms. The van der Waals surface area contributed by atoms with Crippen LogP contribution in [0.4, 0.5) is 5.69 Å². The van der Waals surface area contributed by atoms with Crippen LogP contribution < -0.4 is 5.32 Å². The van der Waals surface area contributed by atoms with Crippen molar-refractivity contribution in [1.82, 2.24) is 4.31 Å². The summed E-state index contributed by atoms with van der Waals surface area (Å²) in [5.41, 5.74) is 2.65. The second kappa shape index (κ2) is 9.52. The number of rotatable bonds is 7. The fourth-order valence-electron chi connectivity index (χ4n) is 3.33. The molecule has 1 amide bonds. The van der Waals surface area contributed by atoms with E-state index in [1.54, 1.807) is 18.2 Å². The molecule has 0 aliphatic carbocycles. The Kier molecular flexibility index (Phi) is 7.05. The maximum Gasteiger partial charge on any atom is 0.243 e. The zero-order chi connectivity index (χ0) is 20.9. The second-order valence-electron chi connectivity index (χ2n) is 7.68. The minimum absolute atomic E-state index is 0.176. The van der Waals surface area contributed by atoms with Gasteiger partial charge in [-0.1, -0.05) is 44.2 Å². The summed E-state index contributed by atoms with van der Waals surface area (Å²) in [6, 6.07) is 14.4. The van der Waals surface area contributed by atoms with Gasteiger partial charge in [-0.05, 0) is 41.7 Å². The lowest BCUT2D eigenvalue weighted by Crippen LogP contribution is -2.40. The summed E-state index contributed by atoms with van der Waals surface area (Å²) < 4.78 is 32.2. The van der Waals surface area contributed by atoms with Crippen LogP contribution in [0.2, 0.25) is 0 Å². The van der Waals surface area contributed by atoms with Crippen LogP contribution in [0.25, 0.3) is 0 Å². The number of morpholine rings is 1. The monoisotopic (exact) mass is 416 g/mol. The summed E-state index contributed by atoms with van der Waals surface area (Å²) >= 11 is 0. The third-order valence-electron chi connectivity index (χ3n) is 4.76. The van der Waals surface area contributed by atoms with Gasteiger partial charge in [0.2, 0.25) is 15.9 Å². The van der Waals surface area contributed by atoms with Gasteiger partial charge in [-0.25, -0.2) is 8.42 Å². The normalized spacial score (nSPS) is 15.4. The number of anilines is 1. The third kappa shape index (κ3) is 5.88. The molecule has 1 saturated heterocycles. The number of nitrogens with zero attached hydrogens (tertiary/aromatic N) is 1. The van der Waals surface area contributed by atoms with Crippen LogP contribution in [-0.4, -0.2) is 44.9 Å². The Morgan fingerprint density at radius 3 is 2.38 bits per heavy atom. The maximum atomic E-state index is 12.8. The predicted octanol–water partition coefficient (Wildman–Crippen LogP) is 3.09. The van der Waals surface area contributed by atoms with Crippen LogP contribution in [0.1, 0.15) is 25.0 Å². The molecule has 0 bridgehead atoms. The van der Waals surface area contributed by atoms with Gasteiger partial charge in [-0.15, -0.1) is 0 Å². The summed E-state index contributed by atoms with van der Waals surface area (Å²) in [4.78, 5) is 12.6. The second-order valence-corrected chi connectivity index (χ2v) is 9.62. The molecule has 1 aliphatic heterocycles. The zero-order valence-corrected chi connectivity index (χ0v) is 17.7. The van der Waals surface area contributed by atoms with Crippen LogP contribution in [0, 0.1) is 5.92 Å². The van der Waals surface area contributed by atoms with E-state index in [2.05, 4.69) is 31.3 Å². The topological polar surface area (TPSA) is 75.7 Å². The minimum Gasteiger partial charge on any atom is -0.379 e. The first-order valence-corrected chi connectivity index (χ1v) is 11.3. The van der Waals surface area contributed by atoms with Crippen molar-refractivity contribution >= 4 is 21.6 Å². The number of hydrogen-bond donors (Lipinski definition) is 1. The SMILES string of the molecule is CC(C)Cc1ccc(CC(=O)Nc2cccc(S(=O)(=O)N3CCOCC3)c2)cc1. The number of benzene rings is 2. The van der Waals surface area contributed by atoms with E-state index in [1.807, 2.05) is 12.1 Å². The smallest absolute Gasteiger partial charge is 0.243 e. The van der Waals surface area contributed by atoms with Gasteiger partial charge in [0.05, 0.1) is 24.5 Å². The Bertz CT molecular complexity index is 934. The molecule has 29 heavy (non-hydrogen) atoms. The molecule has 1 fully saturated rings. The van der Waals surface area contributed by atoms with Crippen molar-refractivity contribution in [2.24, 2.45) is 5.92 Å². The highest BCUT2D eigenvalue weighted by molar-refractivity contribution is 7.89. The fourth-order valence-corrected chi connectivity index (χ4v) is 4.78. The average Bonchev–Trinajstić information content (AvgIpc) is 2.70. The molecule has 6 nitrogen and oxygen atoms in total. The molecule has 0 spiro atoms. The van der Waals surface area contributed by atoms with E-state index < -0.39 is 10.0 Å². The van der Waals surface area contributed by atoms with Gasteiger partial charge in [-0.3, -0.25) is 4.79 Å². The molecule has 2 aromatic rings. The largest absolute Gasteiger partial charge is 0.379 e. The number of sulfonamides is 1. The number of ether oxygens (including phenoxy) is 1. The summed E-state index contributed by atoms with van der Waals surface area (Å²) in [5.74, 6) is 0.410. The van der Waals surface area contributed by atoms with E-state index in [-0.39, 0.29) is 17.2 Å². The van der Waals surface area contributed by atoms with Crippen molar-refractivity contribution in [3.8, 4) is 0 Å². The number of amides is 1. The Morgan fingerprint density at radius 2 is 1.72 bits per heavy atom. The Morgan fingerprint density at radius 1 is 1.07 bits per heavy atom. The molecule has 0 radical (unpaired) electrons. The third-order valence-corrected chi connectivity index (χ3v) is 6.65. The van der Waals surface area contributed by atoms with E-state index in [4.69, 9.17) is 4.74 Å². The first-order valence-electron chi connectivity index (χ1n) is 9.90. The summed E-state index contributed by atoms with van der Waals surface area (Å²) in [5, 5.41) is 2.81. The summed E-state index contributed by atoms with van der Waals surface area (Å²) in [6.45, 7) is 5.82. The van der Waals surface area contributed by atoms with E-state index in [1.165, 1.54) is 15.9 Å². The molecular formula is C22H28N2O4S. The van der Waals surface area contributed by atoms with Gasteiger partial charge >= 0.3 is 0 Å². The van der Waals surface area contributed by atoms with Gasteiger partial charge in [0.15, 0.2) is 0 Å². The van der Waals surface area contributed by atoms with Crippen molar-refractivity contribution < 1.29 is 17.9 Å². The van der Waals surface area contributed by atoms with Crippen molar-refractivity contribution in [3.63, 3.8) is 0 Å². The van der Waals surface area contributed by atoms with E-state index in [0.29, 0.717) is 37.9 Å². The van der Waals surface area contributed by atoms with Crippen molar-refractivity contribution in [1.29, 1.82) is 0 Å². The lowest BCUT2D eigenvalue weighted by atomic mass is 10.0. The van der Waals surface area contributed by atoms with Crippen molar-refractivity contribution in [3.05, 3.63) is 59.7 Å². The van der Waals surface area contributed by atoms with Gasteiger partial charge in [0, 0.05) is 18.8 Å². The van der Waals surface area contributed by atoms with Crippen LogP contribution in [0.3, 0.4) is 0 Å². The highest BCUT2D eigenvalue weighted by Crippen LogP contribution is 2.21. The fraction of sp³-hybridized carbons (Fsp3) is 0.409. The molecule has 1 aliphatic rings. The van der Waals surface area contributed by atoms with Crippen LogP contribution in [0.5, 0.6) is 0 Å². The van der Waals surface area contributed by atoms with E-state index in [9.17, 15) is 13.2 Å². The number of nitrogens with one attached hydrogen (secondary N) is 1. The zero-order valence-electron chi connectivity index (χ0n) is 16.9. The first-order chi connectivity index (χ1) is 13.8. The quantitative estimate of drug-likeness (QED) is 0.753. The van der Waals surface area contributed by atoms with Crippen molar-refractivity contribution in [2.75, 3.05) is 31.6 Å². The molecule has 3 rings (SSSR count). The molecule has 0 atom stereocenters. The van der Waals surface area contributed by atoms with Gasteiger partial charge in [-0.2, -0.15) is 4.31 Å². The standard InChI is InChI=1S/C22H28N2O4S/c1-17(2)14-18-6-8-19(9-7-18)15-22(25)23-20-4-3-5-21(16-20)29(26,27)24-10-12-28-13-11-24/h3-9,16-17H,10-15H2,1-2H3,(H,23,25). The van der Waals surface area contributed by atoms with E-state index in [0.717, 1.165) is 12.0 Å². The number of hydrogen-bond acceptors (Lipinski definition) is 4. The van der Waals surface area contributed by atoms with Crippen LogP contribution >= 0.6 is 0 Å². The minimum atomic E-state index is -3.59. The molecule has 0 saturated carbocycles. The maximum absolute atomic E-state index is 12.8. The first kappa shape index (κ1) is 21.5. The Hall–Kier alpha value is -2.22. The van der Waals surface area contributed by atoms with Gasteiger partial charge in [0.25, 0.3) is 0 Å². The average molecular weight is 417 g/mol. The highest BCUT2D eigenvalue weighted by Gasteiger charge is 2.26. The summed E-state index contributed by atoms with van der Waals surface area (Å²) in [7, 11) is -3.59. The lowest BCUT2D eigenvalue weighted by molar-refractivity contribution is -0.115. The van der Waals surface area contributed by atoms with Crippen LogP contribution in [0.15, 0.2) is 53.4 Å². The molecule has 2 aromatic carbocycles. The van der Waals surface area contributed by atoms with Gasteiger partial charge < -0.3 is 10.1 Å². The molecule has 0 aromatic heterocycles. The van der Waals surface area contributed by atoms with E-state index >= 15 is 0 Å². The Balaban J connectivity index is 1.64. The molecule has 156 valence electrons. The van der Waals surface area contributed by atoms with Crippen molar-refractivity contribution in [2.45, 2.75) is 31.6 Å². The Labute approximate surface area is 172 Å². The molecular weight excluding hydrogens is 388 g/mol. The molecule has 1 heterocycles. The molecule has 0 unspecified atom stereocenters. The highest BCUT2D eigenvalue weighted by atomic mass is 32.2. The summed E-state index contributed by atoms with van der Waals surface area (Å²) in [6.07, 6.45) is 1.25.